The average molecular weight is 441 g/mol. The number of carbonyl (C=O) groups is 1. The van der Waals surface area contributed by atoms with Crippen LogP contribution in [-0.4, -0.2) is 28.0 Å². The summed E-state index contributed by atoms with van der Waals surface area (Å²) in [5.74, 6) is 0.177. The number of aromatic nitrogens is 2. The predicted octanol–water partition coefficient (Wildman–Crippen LogP) is 5.32. The summed E-state index contributed by atoms with van der Waals surface area (Å²) in [6.07, 6.45) is 0.283. The number of hydrogen-bond donors (Lipinski definition) is 0. The topological polar surface area (TPSA) is 61.9 Å². The molecule has 0 bridgehead atoms. The summed E-state index contributed by atoms with van der Waals surface area (Å²) >= 11 is 8.18. The number of nitriles is 1. The van der Waals surface area contributed by atoms with Gasteiger partial charge in [-0.1, -0.05) is 47.4 Å². The molecule has 0 saturated heterocycles. The van der Waals surface area contributed by atoms with Gasteiger partial charge in [-0.15, -0.1) is 5.10 Å². The highest BCUT2D eigenvalue weighted by Gasteiger charge is 2.17. The number of carbonyl (C=O) groups excluding carboxylic acids is 1. The second-order valence-corrected chi connectivity index (χ2v) is 9.24. The Balaban J connectivity index is 1.74. The van der Waals surface area contributed by atoms with Crippen molar-refractivity contribution in [1.29, 1.82) is 5.26 Å². The van der Waals surface area contributed by atoms with Crippen LogP contribution in [0.4, 0.5) is 5.69 Å². The van der Waals surface area contributed by atoms with E-state index in [4.69, 9.17) is 17.5 Å². The lowest BCUT2D eigenvalue weighted by molar-refractivity contribution is -0.116. The Labute approximate surface area is 183 Å². The molecule has 8 heteroatoms. The normalized spacial score (nSPS) is 10.5. The molecule has 3 rings (SSSR count). The fraction of sp³-hybridized carbons (Fsp3) is 0.238. The van der Waals surface area contributed by atoms with E-state index in [1.165, 1.54) is 28.7 Å². The van der Waals surface area contributed by atoms with Gasteiger partial charge in [0.15, 0.2) is 8.29 Å². The van der Waals surface area contributed by atoms with Crippen LogP contribution < -0.4 is 4.90 Å². The highest BCUT2D eigenvalue weighted by molar-refractivity contribution is 8.01. The van der Waals surface area contributed by atoms with Gasteiger partial charge in [0.2, 0.25) is 5.91 Å². The van der Waals surface area contributed by atoms with Crippen molar-refractivity contribution >= 4 is 46.9 Å². The van der Waals surface area contributed by atoms with Crippen molar-refractivity contribution in [3.8, 4) is 11.8 Å². The zero-order chi connectivity index (χ0) is 20.8. The maximum absolute atomic E-state index is 12.9. The number of thioether (sulfide) groups is 1. The van der Waals surface area contributed by atoms with E-state index in [1.807, 2.05) is 62.4 Å². The second kappa shape index (κ2) is 9.83. The number of para-hydroxylation sites is 1. The number of nitrogens with zero attached hydrogens (tertiary/aromatic N) is 4. The number of aryl methyl sites for hydroxylation is 2. The van der Waals surface area contributed by atoms with E-state index in [1.54, 1.807) is 9.58 Å². The molecule has 29 heavy (non-hydrogen) atoms. The molecule has 5 nitrogen and oxygen atoms in total. The van der Waals surface area contributed by atoms with Gasteiger partial charge in [0.25, 0.3) is 0 Å². The van der Waals surface area contributed by atoms with E-state index < -0.39 is 0 Å². The molecule has 0 saturated carbocycles. The Morgan fingerprint density at radius 1 is 1.24 bits per heavy atom. The largest absolute Gasteiger partial charge is 0.311 e. The molecule has 0 radical (unpaired) electrons. The lowest BCUT2D eigenvalue weighted by Crippen LogP contribution is -2.33. The van der Waals surface area contributed by atoms with Crippen LogP contribution in [0.3, 0.4) is 0 Å². The molecule has 0 fully saturated rings. The molecule has 0 N–H and O–H groups in total. The summed E-state index contributed by atoms with van der Waals surface area (Å²) in [7, 11) is 0. The van der Waals surface area contributed by atoms with Crippen molar-refractivity contribution < 1.29 is 4.79 Å². The van der Waals surface area contributed by atoms with Crippen molar-refractivity contribution in [2.45, 2.75) is 24.6 Å². The van der Waals surface area contributed by atoms with Gasteiger partial charge in [0.1, 0.15) is 0 Å². The first-order valence-electron chi connectivity index (χ1n) is 9.02. The van der Waals surface area contributed by atoms with Crippen LogP contribution in [-0.2, 0) is 4.79 Å². The van der Waals surface area contributed by atoms with Crippen molar-refractivity contribution in [3.63, 3.8) is 0 Å². The van der Waals surface area contributed by atoms with E-state index in [9.17, 15) is 4.79 Å². The third-order valence-corrected chi connectivity index (χ3v) is 6.75. The van der Waals surface area contributed by atoms with Crippen LogP contribution in [0, 0.1) is 29.1 Å². The van der Waals surface area contributed by atoms with Gasteiger partial charge in [0, 0.05) is 12.2 Å². The van der Waals surface area contributed by atoms with Crippen molar-refractivity contribution in [1.82, 2.24) is 9.78 Å². The molecule has 0 aliphatic carbocycles. The Morgan fingerprint density at radius 3 is 2.69 bits per heavy atom. The van der Waals surface area contributed by atoms with Gasteiger partial charge < -0.3 is 4.90 Å². The number of rotatable bonds is 7. The quantitative estimate of drug-likeness (QED) is 0.368. The summed E-state index contributed by atoms with van der Waals surface area (Å²) in [6.45, 7) is 4.42. The monoisotopic (exact) mass is 440 g/mol. The molecule has 1 aromatic heterocycles. The zero-order valence-corrected chi connectivity index (χ0v) is 18.6. The number of hydrogen-bond acceptors (Lipinski definition) is 6. The van der Waals surface area contributed by atoms with E-state index >= 15 is 0 Å². The first-order valence-corrected chi connectivity index (χ1v) is 11.2. The fourth-order valence-corrected chi connectivity index (χ4v) is 4.94. The summed E-state index contributed by atoms with van der Waals surface area (Å²) in [5, 5.41) is 13.5. The molecule has 3 aromatic rings. The van der Waals surface area contributed by atoms with Crippen LogP contribution in [0.1, 0.15) is 17.5 Å². The van der Waals surface area contributed by atoms with Crippen LogP contribution in [0.2, 0.25) is 0 Å². The fourth-order valence-electron chi connectivity index (χ4n) is 2.71. The average Bonchev–Trinajstić information content (AvgIpc) is 3.10. The third kappa shape index (κ3) is 5.32. The summed E-state index contributed by atoms with van der Waals surface area (Å²) in [5.41, 5.74) is 4.00. The minimum Gasteiger partial charge on any atom is -0.311 e. The molecule has 2 aromatic carbocycles. The summed E-state index contributed by atoms with van der Waals surface area (Å²) in [4.78, 5) is 14.6. The zero-order valence-electron chi connectivity index (χ0n) is 16.2. The second-order valence-electron chi connectivity index (χ2n) is 6.39. The SMILES string of the molecule is Cc1ccc(N(CCC#N)C(=O)CSc2nn(-c3ccccc3)c(=S)s2)cc1C. The number of benzene rings is 2. The Hall–Kier alpha value is -2.47. The first kappa shape index (κ1) is 21.2. The predicted molar refractivity (Wildman–Crippen MR) is 121 cm³/mol. The van der Waals surface area contributed by atoms with Crippen molar-refractivity contribution in [2.24, 2.45) is 0 Å². The van der Waals surface area contributed by atoms with Crippen LogP contribution >= 0.6 is 35.3 Å². The van der Waals surface area contributed by atoms with Crippen LogP contribution in [0.15, 0.2) is 52.9 Å². The minimum atomic E-state index is -0.0547. The molecule has 1 heterocycles. The molecule has 0 spiro atoms. The summed E-state index contributed by atoms with van der Waals surface area (Å²) in [6, 6.07) is 17.7. The van der Waals surface area contributed by atoms with E-state index in [2.05, 4.69) is 11.2 Å². The third-order valence-electron chi connectivity index (χ3n) is 4.40. The van der Waals surface area contributed by atoms with Gasteiger partial charge in [-0.05, 0) is 61.5 Å². The van der Waals surface area contributed by atoms with Crippen molar-refractivity contribution in [3.05, 3.63) is 63.6 Å². The van der Waals surface area contributed by atoms with Gasteiger partial charge in [-0.3, -0.25) is 4.79 Å². The maximum atomic E-state index is 12.9. The van der Waals surface area contributed by atoms with Gasteiger partial charge in [0.05, 0.1) is 23.9 Å². The van der Waals surface area contributed by atoms with Gasteiger partial charge in [-0.2, -0.15) is 5.26 Å². The van der Waals surface area contributed by atoms with E-state index in [0.29, 0.717) is 10.5 Å². The Morgan fingerprint density at radius 2 is 2.00 bits per heavy atom. The highest BCUT2D eigenvalue weighted by Crippen LogP contribution is 2.26. The van der Waals surface area contributed by atoms with E-state index in [0.717, 1.165) is 21.3 Å². The molecule has 0 aliphatic rings. The minimum absolute atomic E-state index is 0.0547. The number of amides is 1. The summed E-state index contributed by atoms with van der Waals surface area (Å²) < 4.78 is 3.10. The van der Waals surface area contributed by atoms with Crippen LogP contribution in [0.25, 0.3) is 5.69 Å². The van der Waals surface area contributed by atoms with Crippen molar-refractivity contribution in [2.75, 3.05) is 17.2 Å². The maximum Gasteiger partial charge on any atom is 0.237 e. The molecular formula is C21H20N4OS3. The molecular weight excluding hydrogens is 420 g/mol. The van der Waals surface area contributed by atoms with Crippen LogP contribution in [0.5, 0.6) is 0 Å². The molecule has 0 aliphatic heterocycles. The Bertz CT molecular complexity index is 1100. The standard InChI is InChI=1S/C21H20N4OS3/c1-15-9-10-18(13-16(15)2)24(12-6-11-22)19(26)14-28-20-23-25(21(27)29-20)17-7-4-3-5-8-17/h3-5,7-10,13H,6,12,14H2,1-2H3. The lowest BCUT2D eigenvalue weighted by atomic mass is 10.1. The van der Waals surface area contributed by atoms with Gasteiger partial charge >= 0.3 is 0 Å². The number of anilines is 1. The first-order chi connectivity index (χ1) is 14.0. The smallest absolute Gasteiger partial charge is 0.237 e. The molecule has 1 amide bonds. The lowest BCUT2D eigenvalue weighted by Gasteiger charge is -2.22. The van der Waals surface area contributed by atoms with Gasteiger partial charge in [-0.25, -0.2) is 4.68 Å². The molecule has 0 atom stereocenters. The van der Waals surface area contributed by atoms with E-state index in [-0.39, 0.29) is 18.1 Å². The highest BCUT2D eigenvalue weighted by atomic mass is 32.2. The Kier molecular flexibility index (Phi) is 7.20. The molecule has 0 unspecified atom stereocenters. The molecule has 148 valence electrons.